The van der Waals surface area contributed by atoms with E-state index in [1.54, 1.807) is 11.8 Å². The summed E-state index contributed by atoms with van der Waals surface area (Å²) in [6, 6.07) is 0. The molecule has 2 unspecified atom stereocenters. The average Bonchev–Trinajstić information content (AvgIpc) is 2.03. The lowest BCUT2D eigenvalue weighted by atomic mass is 10.3. The molecular formula is C8H19O3PS. The third kappa shape index (κ3) is 7.56. The Morgan fingerprint density at radius 2 is 2.23 bits per heavy atom. The summed E-state index contributed by atoms with van der Waals surface area (Å²) >= 11 is 1.68. The monoisotopic (exact) mass is 226 g/mol. The van der Waals surface area contributed by atoms with E-state index in [0.717, 1.165) is 18.6 Å². The lowest BCUT2D eigenvalue weighted by Crippen LogP contribution is -2.06. The van der Waals surface area contributed by atoms with E-state index < -0.39 is 7.60 Å². The van der Waals surface area contributed by atoms with Crippen LogP contribution in [0, 0.1) is 0 Å². The van der Waals surface area contributed by atoms with Crippen LogP contribution < -0.4 is 0 Å². The smallest absolute Gasteiger partial charge is 0.324 e. The zero-order valence-electron chi connectivity index (χ0n) is 8.52. The fourth-order valence-corrected chi connectivity index (χ4v) is 2.84. The minimum absolute atomic E-state index is 0.120. The van der Waals surface area contributed by atoms with Crippen LogP contribution in [0.4, 0.5) is 0 Å². The Labute approximate surface area is 84.8 Å². The molecule has 0 radical (unpaired) electrons. The predicted molar refractivity (Wildman–Crippen MR) is 58.5 cm³/mol. The molecule has 0 heterocycles. The van der Waals surface area contributed by atoms with Gasteiger partial charge < -0.3 is 9.42 Å². The SMILES string of the molecule is CCC(C)OP(=O)(O)CCCSC. The quantitative estimate of drug-likeness (QED) is 0.535. The third-order valence-corrected chi connectivity index (χ3v) is 3.98. The molecule has 0 saturated heterocycles. The minimum atomic E-state index is -3.31. The summed E-state index contributed by atoms with van der Waals surface area (Å²) in [6.45, 7) is 3.75. The van der Waals surface area contributed by atoms with E-state index >= 15 is 0 Å². The molecule has 0 bridgehead atoms. The van der Waals surface area contributed by atoms with Gasteiger partial charge in [-0.2, -0.15) is 11.8 Å². The first-order valence-corrected chi connectivity index (χ1v) is 7.66. The van der Waals surface area contributed by atoms with E-state index in [0.29, 0.717) is 0 Å². The summed E-state index contributed by atoms with van der Waals surface area (Å²) in [6.07, 6.45) is 3.65. The molecule has 5 heteroatoms. The summed E-state index contributed by atoms with van der Waals surface area (Å²) in [5, 5.41) is 0. The Hall–Kier alpha value is 0.500. The molecule has 80 valence electrons. The van der Waals surface area contributed by atoms with Gasteiger partial charge in [0, 0.05) is 0 Å². The first-order chi connectivity index (χ1) is 6.02. The number of thioether (sulfide) groups is 1. The molecule has 13 heavy (non-hydrogen) atoms. The second-order valence-electron chi connectivity index (χ2n) is 3.03. The third-order valence-electron chi connectivity index (χ3n) is 1.71. The second-order valence-corrected chi connectivity index (χ2v) is 5.95. The molecule has 0 aromatic heterocycles. The largest absolute Gasteiger partial charge is 0.328 e. The van der Waals surface area contributed by atoms with E-state index in [1.807, 2.05) is 20.1 Å². The highest BCUT2D eigenvalue weighted by Crippen LogP contribution is 2.44. The zero-order chi connectivity index (χ0) is 10.3. The van der Waals surface area contributed by atoms with Crippen molar-refractivity contribution in [2.75, 3.05) is 18.2 Å². The van der Waals surface area contributed by atoms with Gasteiger partial charge in [0.2, 0.25) is 0 Å². The summed E-state index contributed by atoms with van der Waals surface area (Å²) < 4.78 is 16.4. The Morgan fingerprint density at radius 1 is 1.62 bits per heavy atom. The van der Waals surface area contributed by atoms with Crippen molar-refractivity contribution in [2.45, 2.75) is 32.8 Å². The minimum Gasteiger partial charge on any atom is -0.324 e. The van der Waals surface area contributed by atoms with Crippen molar-refractivity contribution in [1.29, 1.82) is 0 Å². The Balaban J connectivity index is 3.73. The van der Waals surface area contributed by atoms with E-state index in [9.17, 15) is 9.46 Å². The van der Waals surface area contributed by atoms with E-state index in [-0.39, 0.29) is 12.3 Å². The maximum atomic E-state index is 11.4. The van der Waals surface area contributed by atoms with Crippen molar-refractivity contribution in [3.63, 3.8) is 0 Å². The van der Waals surface area contributed by atoms with Gasteiger partial charge in [-0.1, -0.05) is 6.92 Å². The van der Waals surface area contributed by atoms with Crippen molar-refractivity contribution in [3.05, 3.63) is 0 Å². The van der Waals surface area contributed by atoms with E-state index in [4.69, 9.17) is 4.52 Å². The van der Waals surface area contributed by atoms with Crippen LogP contribution in [0.15, 0.2) is 0 Å². The molecule has 0 aromatic rings. The molecule has 0 aliphatic carbocycles. The van der Waals surface area contributed by atoms with Gasteiger partial charge in [0.1, 0.15) is 0 Å². The van der Waals surface area contributed by atoms with Crippen molar-refractivity contribution in [1.82, 2.24) is 0 Å². The molecule has 0 amide bonds. The first-order valence-electron chi connectivity index (χ1n) is 4.51. The molecule has 0 rings (SSSR count). The number of hydrogen-bond acceptors (Lipinski definition) is 3. The molecule has 0 saturated carbocycles. The Bertz CT molecular complexity index is 175. The summed E-state index contributed by atoms with van der Waals surface area (Å²) in [5.74, 6) is 0.911. The molecule has 2 atom stereocenters. The lowest BCUT2D eigenvalue weighted by Gasteiger charge is -2.16. The normalized spacial score (nSPS) is 18.2. The van der Waals surface area contributed by atoms with Crippen molar-refractivity contribution in [3.8, 4) is 0 Å². The van der Waals surface area contributed by atoms with Crippen LogP contribution in [0.3, 0.4) is 0 Å². The average molecular weight is 226 g/mol. The van der Waals surface area contributed by atoms with Crippen LogP contribution in [0.2, 0.25) is 0 Å². The van der Waals surface area contributed by atoms with Gasteiger partial charge in [0.25, 0.3) is 0 Å². The van der Waals surface area contributed by atoms with Crippen LogP contribution in [-0.4, -0.2) is 29.2 Å². The highest BCUT2D eigenvalue weighted by molar-refractivity contribution is 7.98. The van der Waals surface area contributed by atoms with Crippen LogP contribution in [-0.2, 0) is 9.09 Å². The molecule has 0 fully saturated rings. The van der Waals surface area contributed by atoms with Crippen LogP contribution in [0.25, 0.3) is 0 Å². The molecule has 0 aromatic carbocycles. The standard InChI is InChI=1S/C8H19O3PS/c1-4-8(2)11-12(9,10)6-5-7-13-3/h8H,4-7H2,1-3H3,(H,9,10). The lowest BCUT2D eigenvalue weighted by molar-refractivity contribution is 0.185. The van der Waals surface area contributed by atoms with Crippen LogP contribution in [0.1, 0.15) is 26.7 Å². The van der Waals surface area contributed by atoms with Crippen LogP contribution >= 0.6 is 19.4 Å². The van der Waals surface area contributed by atoms with Crippen molar-refractivity contribution in [2.24, 2.45) is 0 Å². The van der Waals surface area contributed by atoms with E-state index in [1.165, 1.54) is 0 Å². The fraction of sp³-hybridized carbons (Fsp3) is 1.00. The van der Waals surface area contributed by atoms with Gasteiger partial charge in [-0.15, -0.1) is 0 Å². The number of rotatable bonds is 7. The van der Waals surface area contributed by atoms with Gasteiger partial charge in [-0.3, -0.25) is 4.57 Å². The molecule has 3 nitrogen and oxygen atoms in total. The number of hydrogen-bond donors (Lipinski definition) is 1. The molecule has 0 aliphatic heterocycles. The zero-order valence-corrected chi connectivity index (χ0v) is 10.2. The van der Waals surface area contributed by atoms with Gasteiger partial charge in [-0.05, 0) is 31.8 Å². The van der Waals surface area contributed by atoms with Gasteiger partial charge in [0.15, 0.2) is 0 Å². The maximum absolute atomic E-state index is 11.4. The Morgan fingerprint density at radius 3 is 2.69 bits per heavy atom. The van der Waals surface area contributed by atoms with E-state index in [2.05, 4.69) is 0 Å². The fourth-order valence-electron chi connectivity index (χ4n) is 0.817. The van der Waals surface area contributed by atoms with Crippen molar-refractivity contribution >= 4 is 19.4 Å². The molecule has 0 aliphatic rings. The molecular weight excluding hydrogens is 207 g/mol. The van der Waals surface area contributed by atoms with Gasteiger partial charge >= 0.3 is 7.60 Å². The Kier molecular flexibility index (Phi) is 7.15. The summed E-state index contributed by atoms with van der Waals surface area (Å²) in [5.41, 5.74) is 0. The van der Waals surface area contributed by atoms with Gasteiger partial charge in [-0.25, -0.2) is 0 Å². The maximum Gasteiger partial charge on any atom is 0.328 e. The van der Waals surface area contributed by atoms with Gasteiger partial charge in [0.05, 0.1) is 12.3 Å². The highest BCUT2D eigenvalue weighted by atomic mass is 32.2. The summed E-state index contributed by atoms with van der Waals surface area (Å²) in [4.78, 5) is 9.37. The first kappa shape index (κ1) is 13.5. The highest BCUT2D eigenvalue weighted by Gasteiger charge is 2.20. The summed E-state index contributed by atoms with van der Waals surface area (Å²) in [7, 11) is -3.31. The van der Waals surface area contributed by atoms with Crippen LogP contribution in [0.5, 0.6) is 0 Å². The predicted octanol–water partition coefficient (Wildman–Crippen LogP) is 2.74. The molecule has 1 N–H and O–H groups in total. The molecule has 0 spiro atoms. The van der Waals surface area contributed by atoms with Crippen molar-refractivity contribution < 1.29 is 14.0 Å². The topological polar surface area (TPSA) is 46.5 Å². The second kappa shape index (κ2) is 6.88.